The zero-order chi connectivity index (χ0) is 79.2. The van der Waals surface area contributed by atoms with Crippen molar-refractivity contribution in [3.8, 4) is 0 Å². The van der Waals surface area contributed by atoms with Crippen LogP contribution in [0.3, 0.4) is 0 Å². The van der Waals surface area contributed by atoms with Crippen LogP contribution in [0.25, 0.3) is 0 Å². The molecule has 0 aromatic carbocycles. The fourth-order valence-electron chi connectivity index (χ4n) is 13.9. The first kappa shape index (κ1) is 106. The summed E-state index contributed by atoms with van der Waals surface area (Å²) in [6, 6.07) is 0. The summed E-state index contributed by atoms with van der Waals surface area (Å²) < 4.78 is 69.0. The zero-order valence-electron chi connectivity index (χ0n) is 71.2. The second kappa shape index (κ2) is 80.3. The van der Waals surface area contributed by atoms with Gasteiger partial charge in [0.25, 0.3) is 0 Å². The highest BCUT2D eigenvalue weighted by Crippen LogP contribution is 2.45. The van der Waals surface area contributed by atoms with E-state index in [1.807, 2.05) is 0 Å². The van der Waals surface area contributed by atoms with Crippen molar-refractivity contribution < 1.29 is 80.2 Å². The van der Waals surface area contributed by atoms with Crippen molar-refractivity contribution in [2.45, 2.75) is 496 Å². The second-order valence-corrected chi connectivity index (χ2v) is 35.6. The quantitative estimate of drug-likeness (QED) is 0.0222. The maximum absolute atomic E-state index is 13.2. The first-order valence-electron chi connectivity index (χ1n) is 46.0. The van der Waals surface area contributed by atoms with Crippen molar-refractivity contribution in [3.05, 3.63) is 0 Å². The lowest BCUT2D eigenvalue weighted by Gasteiger charge is -2.21. The highest BCUT2D eigenvalue weighted by atomic mass is 31.2. The average Bonchev–Trinajstić information content (AvgIpc) is 0.899. The van der Waals surface area contributed by atoms with Crippen LogP contribution in [0.15, 0.2) is 0 Å². The van der Waals surface area contributed by atoms with E-state index in [0.29, 0.717) is 25.7 Å². The van der Waals surface area contributed by atoms with Gasteiger partial charge in [0.1, 0.15) is 19.3 Å². The van der Waals surface area contributed by atoms with Gasteiger partial charge in [-0.05, 0) is 37.5 Å². The van der Waals surface area contributed by atoms with Gasteiger partial charge in [0, 0.05) is 25.7 Å². The molecule has 0 aromatic heterocycles. The molecule has 19 heteroatoms. The number of rotatable bonds is 88. The summed E-state index contributed by atoms with van der Waals surface area (Å²) >= 11 is 0. The van der Waals surface area contributed by atoms with E-state index >= 15 is 0 Å². The number of phosphoric acid groups is 2. The summed E-state index contributed by atoms with van der Waals surface area (Å²) in [6.45, 7) is 9.78. The topological polar surface area (TPSA) is 237 Å². The Morgan fingerprint density at radius 3 is 0.704 bits per heavy atom. The standard InChI is InChI=1S/C89H174O17P2/c1-7-10-12-14-16-18-20-21-22-23-27-32-38-43-49-55-61-67-73-88(93)105-84(77-99-86(91)71-65-59-53-47-19-17-15-13-11-8-2)79-103-107(95,96)101-75-83(90)76-102-108(97,98)104-80-85(78-100-87(92)72-66-60-54-48-42-37-34-29-30-35-40-45-51-57-63-69-81(4)5)106-89(94)74-68-62-56-50-44-39-33-28-25-24-26-31-36-41-46-52-58-64-70-82(6)9-3/h81-85,90H,7-80H2,1-6H3,(H,95,96)(H,97,98)/t82?,83-,84+,85+/m0/s1. The molecule has 3 unspecified atom stereocenters. The molecule has 0 radical (unpaired) electrons. The van der Waals surface area contributed by atoms with E-state index in [0.717, 1.165) is 102 Å². The SMILES string of the molecule is CCCCCCCCCCCCCCCCCCCCC(=O)O[C@H](COC(=O)CCCCCCCCCCCC)COP(=O)(O)OC[C@H](O)COP(=O)(O)OC[C@@H](COC(=O)CCCCCCCCCCCCCCCCCC(C)C)OC(=O)CCCCCCCCCCCCCCCCCCCCC(C)CC. The van der Waals surface area contributed by atoms with E-state index in [9.17, 15) is 43.2 Å². The van der Waals surface area contributed by atoms with E-state index < -0.39 is 97.5 Å². The lowest BCUT2D eigenvalue weighted by Crippen LogP contribution is -2.30. The van der Waals surface area contributed by atoms with E-state index in [4.69, 9.17) is 37.0 Å². The van der Waals surface area contributed by atoms with E-state index in [2.05, 4.69) is 41.5 Å². The molecular formula is C89H174O17P2. The molecule has 0 fully saturated rings. The Kier molecular flexibility index (Phi) is 78.8. The van der Waals surface area contributed by atoms with Crippen molar-refractivity contribution in [2.24, 2.45) is 11.8 Å². The molecule has 3 N–H and O–H groups in total. The van der Waals surface area contributed by atoms with Gasteiger partial charge in [0.15, 0.2) is 12.2 Å². The molecule has 0 aliphatic heterocycles. The van der Waals surface area contributed by atoms with Gasteiger partial charge in [-0.15, -0.1) is 0 Å². The van der Waals surface area contributed by atoms with Crippen LogP contribution in [0.2, 0.25) is 0 Å². The van der Waals surface area contributed by atoms with Crippen LogP contribution in [-0.2, 0) is 65.4 Å². The molecule has 0 saturated carbocycles. The Morgan fingerprint density at radius 2 is 0.472 bits per heavy atom. The Bertz CT molecular complexity index is 2070. The first-order valence-corrected chi connectivity index (χ1v) is 49.0. The number of carbonyl (C=O) groups excluding carboxylic acids is 4. The summed E-state index contributed by atoms with van der Waals surface area (Å²) in [5, 5.41) is 10.7. The molecule has 642 valence electrons. The van der Waals surface area contributed by atoms with Gasteiger partial charge in [-0.2, -0.15) is 0 Å². The highest BCUT2D eigenvalue weighted by molar-refractivity contribution is 7.47. The van der Waals surface area contributed by atoms with Crippen LogP contribution in [0.5, 0.6) is 0 Å². The van der Waals surface area contributed by atoms with Gasteiger partial charge in [0.05, 0.1) is 26.4 Å². The number of aliphatic hydroxyl groups is 1. The monoisotopic (exact) mass is 1580 g/mol. The first-order chi connectivity index (χ1) is 52.4. The minimum absolute atomic E-state index is 0.109. The number of ether oxygens (including phenoxy) is 4. The lowest BCUT2D eigenvalue weighted by atomic mass is 9.99. The fraction of sp³-hybridized carbons (Fsp3) is 0.955. The third kappa shape index (κ3) is 80.7. The third-order valence-corrected chi connectivity index (χ3v) is 23.2. The van der Waals surface area contributed by atoms with Crippen molar-refractivity contribution in [3.63, 3.8) is 0 Å². The van der Waals surface area contributed by atoms with Gasteiger partial charge in [-0.1, -0.05) is 427 Å². The number of phosphoric ester groups is 2. The molecule has 0 rings (SSSR count). The average molecular weight is 1580 g/mol. The molecule has 0 aromatic rings. The second-order valence-electron chi connectivity index (χ2n) is 32.7. The molecule has 0 saturated heterocycles. The summed E-state index contributed by atoms with van der Waals surface area (Å²) in [5.41, 5.74) is 0. The van der Waals surface area contributed by atoms with E-state index in [1.54, 1.807) is 0 Å². The Labute approximate surface area is 664 Å². The van der Waals surface area contributed by atoms with E-state index in [-0.39, 0.29) is 25.7 Å². The van der Waals surface area contributed by atoms with Crippen molar-refractivity contribution in [1.29, 1.82) is 0 Å². The summed E-state index contributed by atoms with van der Waals surface area (Å²) in [7, 11) is -9.93. The van der Waals surface area contributed by atoms with Crippen LogP contribution in [0.1, 0.15) is 478 Å². The number of unbranched alkanes of at least 4 members (excludes halogenated alkanes) is 57. The van der Waals surface area contributed by atoms with Crippen molar-refractivity contribution in [2.75, 3.05) is 39.6 Å². The zero-order valence-corrected chi connectivity index (χ0v) is 73.0. The van der Waals surface area contributed by atoms with Crippen LogP contribution >= 0.6 is 15.6 Å². The molecule has 0 bridgehead atoms. The highest BCUT2D eigenvalue weighted by Gasteiger charge is 2.31. The predicted octanol–water partition coefficient (Wildman–Crippen LogP) is 27.4. The minimum atomic E-state index is -4.97. The maximum Gasteiger partial charge on any atom is 0.472 e. The Balaban J connectivity index is 5.22. The van der Waals surface area contributed by atoms with Gasteiger partial charge in [-0.3, -0.25) is 37.3 Å². The Hall–Kier alpha value is -1.94. The normalized spacial score (nSPS) is 14.0. The molecular weight excluding hydrogens is 1400 g/mol. The molecule has 17 nitrogen and oxygen atoms in total. The molecule has 0 aliphatic carbocycles. The molecule has 0 amide bonds. The maximum atomic E-state index is 13.2. The molecule has 6 atom stereocenters. The van der Waals surface area contributed by atoms with Crippen LogP contribution in [0.4, 0.5) is 0 Å². The number of aliphatic hydroxyl groups excluding tert-OH is 1. The van der Waals surface area contributed by atoms with Crippen molar-refractivity contribution in [1.82, 2.24) is 0 Å². The van der Waals surface area contributed by atoms with Crippen LogP contribution < -0.4 is 0 Å². The number of hydrogen-bond acceptors (Lipinski definition) is 15. The van der Waals surface area contributed by atoms with Crippen molar-refractivity contribution >= 4 is 39.5 Å². The largest absolute Gasteiger partial charge is 0.472 e. The fourth-order valence-corrected chi connectivity index (χ4v) is 15.5. The van der Waals surface area contributed by atoms with Crippen LogP contribution in [0, 0.1) is 11.8 Å². The van der Waals surface area contributed by atoms with E-state index in [1.165, 1.54) is 295 Å². The summed E-state index contributed by atoms with van der Waals surface area (Å²) in [4.78, 5) is 73.3. The smallest absolute Gasteiger partial charge is 0.462 e. The predicted molar refractivity (Wildman–Crippen MR) is 446 cm³/mol. The number of esters is 4. The molecule has 108 heavy (non-hydrogen) atoms. The third-order valence-electron chi connectivity index (χ3n) is 21.3. The summed E-state index contributed by atoms with van der Waals surface area (Å²) in [6.07, 6.45) is 73.6. The minimum Gasteiger partial charge on any atom is -0.462 e. The van der Waals surface area contributed by atoms with Gasteiger partial charge < -0.3 is 33.8 Å². The summed E-state index contributed by atoms with van der Waals surface area (Å²) in [5.74, 6) is -0.420. The molecule has 0 heterocycles. The van der Waals surface area contributed by atoms with Crippen LogP contribution in [-0.4, -0.2) is 96.7 Å². The van der Waals surface area contributed by atoms with Gasteiger partial charge in [0.2, 0.25) is 0 Å². The Morgan fingerprint density at radius 1 is 0.269 bits per heavy atom. The molecule has 0 aliphatic rings. The van der Waals surface area contributed by atoms with Gasteiger partial charge >= 0.3 is 39.5 Å². The molecule has 0 spiro atoms. The number of carbonyl (C=O) groups is 4. The lowest BCUT2D eigenvalue weighted by molar-refractivity contribution is -0.161. The van der Waals surface area contributed by atoms with Gasteiger partial charge in [-0.25, -0.2) is 9.13 Å². The number of hydrogen-bond donors (Lipinski definition) is 3.